The number of pyridine rings is 1. The lowest BCUT2D eigenvalue weighted by molar-refractivity contribution is 0.103. The molecule has 0 aliphatic carbocycles. The summed E-state index contributed by atoms with van der Waals surface area (Å²) < 4.78 is 2.92. The van der Waals surface area contributed by atoms with E-state index in [-0.39, 0.29) is 11.6 Å². The van der Waals surface area contributed by atoms with Crippen molar-refractivity contribution in [3.05, 3.63) is 80.3 Å². The van der Waals surface area contributed by atoms with E-state index in [1.807, 2.05) is 37.3 Å². The summed E-state index contributed by atoms with van der Waals surface area (Å²) >= 11 is 1.44. The second-order valence-corrected chi connectivity index (χ2v) is 7.88. The van der Waals surface area contributed by atoms with Crippen molar-refractivity contribution in [1.29, 1.82) is 0 Å². The Balaban J connectivity index is 1.53. The second-order valence-electron chi connectivity index (χ2n) is 6.80. The summed E-state index contributed by atoms with van der Waals surface area (Å²) in [5, 5.41) is 8.27. The van der Waals surface area contributed by atoms with Crippen molar-refractivity contribution in [1.82, 2.24) is 19.2 Å². The predicted molar refractivity (Wildman–Crippen MR) is 114 cm³/mol. The highest BCUT2D eigenvalue weighted by Crippen LogP contribution is 2.21. The normalized spacial score (nSPS) is 11.1. The molecule has 0 bridgehead atoms. The molecule has 0 saturated carbocycles. The fourth-order valence-electron chi connectivity index (χ4n) is 3.16. The van der Waals surface area contributed by atoms with Crippen LogP contribution in [0.3, 0.4) is 0 Å². The van der Waals surface area contributed by atoms with Crippen LogP contribution in [0.15, 0.2) is 53.5 Å². The summed E-state index contributed by atoms with van der Waals surface area (Å²) in [5.74, 6) is -0.163. The number of aromatic nitrogens is 4. The first-order valence-corrected chi connectivity index (χ1v) is 10.3. The number of hydrogen-bond acceptors (Lipinski definition) is 5. The number of amides is 1. The molecule has 3 aromatic heterocycles. The first-order chi connectivity index (χ1) is 14.0. The summed E-state index contributed by atoms with van der Waals surface area (Å²) in [7, 11) is 0. The molecule has 29 heavy (non-hydrogen) atoms. The third kappa shape index (κ3) is 3.97. The van der Waals surface area contributed by atoms with Gasteiger partial charge in [0, 0.05) is 11.9 Å². The van der Waals surface area contributed by atoms with Crippen molar-refractivity contribution in [2.24, 2.45) is 0 Å². The van der Waals surface area contributed by atoms with Gasteiger partial charge in [0.25, 0.3) is 5.91 Å². The van der Waals surface area contributed by atoms with Gasteiger partial charge in [0.05, 0.1) is 17.2 Å². The maximum absolute atomic E-state index is 12.7. The molecule has 0 aliphatic rings. The van der Waals surface area contributed by atoms with Gasteiger partial charge < -0.3 is 5.32 Å². The van der Waals surface area contributed by atoms with Crippen LogP contribution in [-0.4, -0.2) is 25.1 Å². The zero-order valence-electron chi connectivity index (χ0n) is 16.3. The Bertz CT molecular complexity index is 1240. The first-order valence-electron chi connectivity index (χ1n) is 9.46. The number of hydrogen-bond donors (Lipinski definition) is 1. The van der Waals surface area contributed by atoms with Crippen molar-refractivity contribution in [2.75, 3.05) is 5.32 Å². The van der Waals surface area contributed by atoms with Crippen LogP contribution in [-0.2, 0) is 13.0 Å². The van der Waals surface area contributed by atoms with Crippen molar-refractivity contribution >= 4 is 28.6 Å². The Morgan fingerprint density at radius 2 is 2.07 bits per heavy atom. The van der Waals surface area contributed by atoms with Crippen LogP contribution in [0.1, 0.15) is 39.3 Å². The van der Waals surface area contributed by atoms with Gasteiger partial charge in [-0.05, 0) is 49.6 Å². The van der Waals surface area contributed by atoms with Crippen LogP contribution >= 0.6 is 11.3 Å². The van der Waals surface area contributed by atoms with Crippen LogP contribution < -0.4 is 11.0 Å². The molecule has 1 aromatic carbocycles. The van der Waals surface area contributed by atoms with E-state index >= 15 is 0 Å². The van der Waals surface area contributed by atoms with Crippen molar-refractivity contribution in [3.63, 3.8) is 0 Å². The van der Waals surface area contributed by atoms with Gasteiger partial charge in [0.15, 0.2) is 5.65 Å². The quantitative estimate of drug-likeness (QED) is 0.530. The fourth-order valence-corrected chi connectivity index (χ4v) is 4.22. The fraction of sp³-hybridized carbons (Fsp3) is 0.238. The van der Waals surface area contributed by atoms with Crippen LogP contribution in [0.4, 0.5) is 5.69 Å². The molecular weight excluding hydrogens is 386 g/mol. The van der Waals surface area contributed by atoms with E-state index in [4.69, 9.17) is 0 Å². The number of benzene rings is 1. The smallest absolute Gasteiger partial charge is 0.321 e. The van der Waals surface area contributed by atoms with E-state index < -0.39 is 0 Å². The van der Waals surface area contributed by atoms with Gasteiger partial charge in [-0.1, -0.05) is 25.1 Å². The number of rotatable bonds is 6. The molecule has 0 fully saturated rings. The molecule has 0 saturated heterocycles. The lowest BCUT2D eigenvalue weighted by Gasteiger charge is -2.07. The number of aryl methyl sites for hydroxylation is 2. The average molecular weight is 407 g/mol. The Hall–Kier alpha value is -3.26. The van der Waals surface area contributed by atoms with Gasteiger partial charge in [0.2, 0.25) is 0 Å². The Labute approximate surface area is 171 Å². The first kappa shape index (κ1) is 19.1. The molecule has 148 valence electrons. The number of nitrogens with one attached hydrogen (secondary N) is 1. The minimum absolute atomic E-state index is 0.163. The van der Waals surface area contributed by atoms with Crippen molar-refractivity contribution in [3.8, 4) is 0 Å². The van der Waals surface area contributed by atoms with Crippen LogP contribution in [0.5, 0.6) is 0 Å². The highest BCUT2D eigenvalue weighted by Gasteiger charge is 2.15. The number of thiazole rings is 1. The van der Waals surface area contributed by atoms with Gasteiger partial charge in [-0.3, -0.25) is 9.20 Å². The third-order valence-corrected chi connectivity index (χ3v) is 5.73. The maximum atomic E-state index is 12.7. The zero-order chi connectivity index (χ0) is 20.4. The number of carbonyl (C=O) groups is 1. The lowest BCUT2D eigenvalue weighted by atomic mass is 10.2. The van der Waals surface area contributed by atoms with Crippen LogP contribution in [0.2, 0.25) is 0 Å². The van der Waals surface area contributed by atoms with E-state index in [9.17, 15) is 9.59 Å². The summed E-state index contributed by atoms with van der Waals surface area (Å²) in [6.45, 7) is 4.28. The highest BCUT2D eigenvalue weighted by molar-refractivity contribution is 7.13. The summed E-state index contributed by atoms with van der Waals surface area (Å²) in [6, 6.07) is 12.9. The van der Waals surface area contributed by atoms with Crippen molar-refractivity contribution < 1.29 is 4.79 Å². The molecule has 1 amide bonds. The van der Waals surface area contributed by atoms with E-state index in [0.717, 1.165) is 29.1 Å². The zero-order valence-corrected chi connectivity index (χ0v) is 17.1. The lowest BCUT2D eigenvalue weighted by Crippen LogP contribution is -2.21. The van der Waals surface area contributed by atoms with Gasteiger partial charge in [0.1, 0.15) is 4.88 Å². The van der Waals surface area contributed by atoms with Gasteiger partial charge in [-0.15, -0.1) is 16.4 Å². The van der Waals surface area contributed by atoms with E-state index in [1.165, 1.54) is 20.4 Å². The Morgan fingerprint density at radius 1 is 1.21 bits per heavy atom. The van der Waals surface area contributed by atoms with Crippen molar-refractivity contribution in [2.45, 2.75) is 33.2 Å². The average Bonchev–Trinajstić information content (AvgIpc) is 3.23. The standard InChI is InChI=1S/C21H21N5O2S/c1-3-7-18-22-14(2)19(29-18)20(27)23-16-9-6-8-15(12-16)13-26-21(28)25-11-5-4-10-17(25)24-26/h4-6,8-12H,3,7,13H2,1-2H3,(H,23,27). The topological polar surface area (TPSA) is 81.3 Å². The molecule has 3 heterocycles. The summed E-state index contributed by atoms with van der Waals surface area (Å²) in [6.07, 6.45) is 3.57. The Kier molecular flexibility index (Phi) is 5.26. The minimum Gasteiger partial charge on any atom is -0.321 e. The second kappa shape index (κ2) is 8.00. The molecule has 0 atom stereocenters. The monoisotopic (exact) mass is 407 g/mol. The summed E-state index contributed by atoms with van der Waals surface area (Å²) in [5.41, 5.74) is 2.71. The number of fused-ring (bicyclic) bond motifs is 1. The van der Waals surface area contributed by atoms with Crippen LogP contribution in [0.25, 0.3) is 5.65 Å². The molecular formula is C21H21N5O2S. The summed E-state index contributed by atoms with van der Waals surface area (Å²) in [4.78, 5) is 30.3. The maximum Gasteiger partial charge on any atom is 0.350 e. The predicted octanol–water partition coefficient (Wildman–Crippen LogP) is 3.51. The molecule has 0 radical (unpaired) electrons. The number of carbonyl (C=O) groups excluding carboxylic acids is 1. The molecule has 0 unspecified atom stereocenters. The molecule has 1 N–H and O–H groups in total. The van der Waals surface area contributed by atoms with Gasteiger partial charge >= 0.3 is 5.69 Å². The number of anilines is 1. The molecule has 0 aliphatic heterocycles. The Morgan fingerprint density at radius 3 is 2.86 bits per heavy atom. The molecule has 4 aromatic rings. The van der Waals surface area contributed by atoms with Gasteiger partial charge in [-0.2, -0.15) is 0 Å². The molecule has 8 heteroatoms. The van der Waals surface area contributed by atoms with E-state index in [2.05, 4.69) is 22.3 Å². The molecule has 7 nitrogen and oxygen atoms in total. The largest absolute Gasteiger partial charge is 0.350 e. The minimum atomic E-state index is -0.196. The van der Waals surface area contributed by atoms with Gasteiger partial charge in [-0.25, -0.2) is 14.5 Å². The highest BCUT2D eigenvalue weighted by atomic mass is 32.1. The van der Waals surface area contributed by atoms with E-state index in [1.54, 1.807) is 18.3 Å². The SMILES string of the molecule is CCCc1nc(C)c(C(=O)Nc2cccc(Cn3nc4ccccn4c3=O)c2)s1. The molecule has 0 spiro atoms. The molecule has 4 rings (SSSR count). The number of nitrogens with zero attached hydrogens (tertiary/aromatic N) is 4. The van der Waals surface area contributed by atoms with E-state index in [0.29, 0.717) is 22.8 Å². The van der Waals surface area contributed by atoms with Crippen LogP contribution in [0, 0.1) is 6.92 Å². The third-order valence-electron chi connectivity index (χ3n) is 4.52.